The standard InChI is InChI=1S/C23H33N5O/c1-5-19-10-6-7-11-21(19)17-27-23(24-2)26-16-18-9-8-12-20(15-18)22(29)25-13-14-28(3)4/h6-12,15H,5,13-14,16-17H2,1-4H3,(H,25,29)(H2,24,26,27). The van der Waals surface area contributed by atoms with Crippen LogP contribution in [0.5, 0.6) is 0 Å². The van der Waals surface area contributed by atoms with E-state index in [4.69, 9.17) is 0 Å². The van der Waals surface area contributed by atoms with Gasteiger partial charge in [0.1, 0.15) is 0 Å². The smallest absolute Gasteiger partial charge is 0.251 e. The molecule has 2 aromatic carbocycles. The fourth-order valence-electron chi connectivity index (χ4n) is 2.98. The Bertz CT molecular complexity index is 816. The number of guanidine groups is 1. The molecule has 0 radical (unpaired) electrons. The molecule has 0 spiro atoms. The second kappa shape index (κ2) is 11.9. The first kappa shape index (κ1) is 22.4. The molecule has 6 nitrogen and oxygen atoms in total. The summed E-state index contributed by atoms with van der Waals surface area (Å²) in [7, 11) is 5.73. The summed E-state index contributed by atoms with van der Waals surface area (Å²) in [6.45, 7) is 4.92. The highest BCUT2D eigenvalue weighted by molar-refractivity contribution is 5.94. The van der Waals surface area contributed by atoms with E-state index < -0.39 is 0 Å². The number of nitrogens with zero attached hydrogens (tertiary/aromatic N) is 2. The molecule has 0 saturated carbocycles. The fourth-order valence-corrected chi connectivity index (χ4v) is 2.98. The minimum atomic E-state index is -0.0487. The van der Waals surface area contributed by atoms with Crippen molar-refractivity contribution in [2.75, 3.05) is 34.2 Å². The Balaban J connectivity index is 1.88. The number of nitrogens with one attached hydrogen (secondary N) is 3. The van der Waals surface area contributed by atoms with E-state index in [-0.39, 0.29) is 5.91 Å². The summed E-state index contributed by atoms with van der Waals surface area (Å²) in [6, 6.07) is 16.1. The number of hydrogen-bond donors (Lipinski definition) is 3. The normalized spacial score (nSPS) is 11.4. The number of benzene rings is 2. The van der Waals surface area contributed by atoms with Gasteiger partial charge in [0.15, 0.2) is 5.96 Å². The minimum absolute atomic E-state index is 0.0487. The topological polar surface area (TPSA) is 68.8 Å². The van der Waals surface area contributed by atoms with Crippen LogP contribution in [0.1, 0.15) is 34.0 Å². The molecular weight excluding hydrogens is 362 g/mol. The molecule has 0 atom stereocenters. The molecule has 0 aliphatic rings. The van der Waals surface area contributed by atoms with Gasteiger partial charge in [-0.3, -0.25) is 9.79 Å². The second-order valence-corrected chi connectivity index (χ2v) is 7.16. The highest BCUT2D eigenvalue weighted by atomic mass is 16.1. The van der Waals surface area contributed by atoms with E-state index in [0.29, 0.717) is 18.7 Å². The molecular formula is C23H33N5O. The number of likely N-dealkylation sites (N-methyl/N-ethyl adjacent to an activating group) is 1. The first-order chi connectivity index (χ1) is 14.0. The highest BCUT2D eigenvalue weighted by Crippen LogP contribution is 2.09. The Kier molecular flexibility index (Phi) is 9.18. The van der Waals surface area contributed by atoms with Crippen LogP contribution in [-0.2, 0) is 19.5 Å². The molecule has 0 aromatic heterocycles. The van der Waals surface area contributed by atoms with E-state index in [2.05, 4.69) is 52.1 Å². The Morgan fingerprint density at radius 3 is 2.38 bits per heavy atom. The van der Waals surface area contributed by atoms with Crippen LogP contribution in [0.2, 0.25) is 0 Å². The predicted octanol–water partition coefficient (Wildman–Crippen LogP) is 2.41. The van der Waals surface area contributed by atoms with Gasteiger partial charge in [-0.15, -0.1) is 0 Å². The van der Waals surface area contributed by atoms with Gasteiger partial charge < -0.3 is 20.9 Å². The van der Waals surface area contributed by atoms with Gasteiger partial charge in [0.05, 0.1) is 0 Å². The van der Waals surface area contributed by atoms with Crippen LogP contribution in [0, 0.1) is 0 Å². The summed E-state index contributed by atoms with van der Waals surface area (Å²) in [5.41, 5.74) is 4.31. The third-order valence-corrected chi connectivity index (χ3v) is 4.66. The van der Waals surface area contributed by atoms with Gasteiger partial charge in [0.2, 0.25) is 0 Å². The third kappa shape index (κ3) is 7.58. The molecule has 0 saturated heterocycles. The molecule has 0 heterocycles. The van der Waals surface area contributed by atoms with Gasteiger partial charge in [0, 0.05) is 38.8 Å². The van der Waals surface area contributed by atoms with Crippen molar-refractivity contribution in [3.8, 4) is 0 Å². The van der Waals surface area contributed by atoms with Crippen molar-refractivity contribution in [1.29, 1.82) is 0 Å². The molecule has 156 valence electrons. The van der Waals surface area contributed by atoms with E-state index in [1.54, 1.807) is 7.05 Å². The molecule has 2 aromatic rings. The number of rotatable bonds is 9. The average molecular weight is 396 g/mol. The van der Waals surface area contributed by atoms with Crippen LogP contribution >= 0.6 is 0 Å². The molecule has 6 heteroatoms. The van der Waals surface area contributed by atoms with E-state index in [9.17, 15) is 4.79 Å². The molecule has 29 heavy (non-hydrogen) atoms. The lowest BCUT2D eigenvalue weighted by molar-refractivity contribution is 0.0951. The Hall–Kier alpha value is -2.86. The zero-order chi connectivity index (χ0) is 21.1. The second-order valence-electron chi connectivity index (χ2n) is 7.16. The summed E-state index contributed by atoms with van der Waals surface area (Å²) in [5, 5.41) is 9.63. The van der Waals surface area contributed by atoms with Crippen LogP contribution in [-0.4, -0.2) is 51.0 Å². The van der Waals surface area contributed by atoms with Crippen molar-refractivity contribution in [3.63, 3.8) is 0 Å². The number of hydrogen-bond acceptors (Lipinski definition) is 3. The van der Waals surface area contributed by atoms with E-state index >= 15 is 0 Å². The number of carbonyl (C=O) groups excluding carboxylic acids is 1. The SMILES string of the molecule is CCc1ccccc1CNC(=NC)NCc1cccc(C(=O)NCCN(C)C)c1. The quantitative estimate of drug-likeness (QED) is 0.451. The Labute approximate surface area is 174 Å². The van der Waals surface area contributed by atoms with Crippen LogP contribution in [0.4, 0.5) is 0 Å². The van der Waals surface area contributed by atoms with Crippen molar-refractivity contribution in [3.05, 3.63) is 70.8 Å². The number of carbonyl (C=O) groups is 1. The maximum Gasteiger partial charge on any atom is 0.251 e. The molecule has 0 unspecified atom stereocenters. The first-order valence-corrected chi connectivity index (χ1v) is 10.1. The lowest BCUT2D eigenvalue weighted by Crippen LogP contribution is -2.36. The largest absolute Gasteiger partial charge is 0.352 e. The molecule has 0 bridgehead atoms. The monoisotopic (exact) mass is 395 g/mol. The van der Waals surface area contributed by atoms with Crippen molar-refractivity contribution in [1.82, 2.24) is 20.9 Å². The van der Waals surface area contributed by atoms with Gasteiger partial charge in [-0.1, -0.05) is 43.3 Å². The summed E-state index contributed by atoms with van der Waals surface area (Å²) >= 11 is 0. The van der Waals surface area contributed by atoms with E-state index in [1.165, 1.54) is 11.1 Å². The fraction of sp³-hybridized carbons (Fsp3) is 0.391. The number of aliphatic imine (C=N–C) groups is 1. The average Bonchev–Trinajstić information content (AvgIpc) is 2.74. The zero-order valence-corrected chi connectivity index (χ0v) is 18.0. The summed E-state index contributed by atoms with van der Waals surface area (Å²) in [4.78, 5) is 18.6. The van der Waals surface area contributed by atoms with Gasteiger partial charge in [-0.25, -0.2) is 0 Å². The van der Waals surface area contributed by atoms with Gasteiger partial charge in [-0.05, 0) is 49.3 Å². The molecule has 0 aliphatic heterocycles. The van der Waals surface area contributed by atoms with Crippen molar-refractivity contribution in [2.45, 2.75) is 26.4 Å². The number of aryl methyl sites for hydroxylation is 1. The van der Waals surface area contributed by atoms with E-state index in [1.807, 2.05) is 43.3 Å². The summed E-state index contributed by atoms with van der Waals surface area (Å²) < 4.78 is 0. The van der Waals surface area contributed by atoms with Gasteiger partial charge >= 0.3 is 0 Å². The lowest BCUT2D eigenvalue weighted by atomic mass is 10.1. The third-order valence-electron chi connectivity index (χ3n) is 4.66. The van der Waals surface area contributed by atoms with Crippen LogP contribution in [0.25, 0.3) is 0 Å². The molecule has 1 amide bonds. The van der Waals surface area contributed by atoms with Crippen molar-refractivity contribution in [2.24, 2.45) is 4.99 Å². The van der Waals surface area contributed by atoms with Crippen LogP contribution in [0.15, 0.2) is 53.5 Å². The summed E-state index contributed by atoms with van der Waals surface area (Å²) in [6.07, 6.45) is 1.01. The Morgan fingerprint density at radius 1 is 0.966 bits per heavy atom. The molecule has 3 N–H and O–H groups in total. The molecule has 2 rings (SSSR count). The molecule has 0 fully saturated rings. The number of amides is 1. The van der Waals surface area contributed by atoms with Crippen LogP contribution in [0.3, 0.4) is 0 Å². The molecule has 0 aliphatic carbocycles. The first-order valence-electron chi connectivity index (χ1n) is 10.1. The lowest BCUT2D eigenvalue weighted by Gasteiger charge is -2.14. The van der Waals surface area contributed by atoms with Gasteiger partial charge in [0.25, 0.3) is 5.91 Å². The minimum Gasteiger partial charge on any atom is -0.352 e. The highest BCUT2D eigenvalue weighted by Gasteiger charge is 2.07. The Morgan fingerprint density at radius 2 is 1.69 bits per heavy atom. The van der Waals surface area contributed by atoms with Crippen molar-refractivity contribution >= 4 is 11.9 Å². The van der Waals surface area contributed by atoms with Crippen LogP contribution < -0.4 is 16.0 Å². The van der Waals surface area contributed by atoms with E-state index in [0.717, 1.165) is 31.0 Å². The van der Waals surface area contributed by atoms with Gasteiger partial charge in [-0.2, -0.15) is 0 Å². The van der Waals surface area contributed by atoms with Crippen molar-refractivity contribution < 1.29 is 4.79 Å². The maximum absolute atomic E-state index is 12.3. The zero-order valence-electron chi connectivity index (χ0n) is 18.0. The predicted molar refractivity (Wildman–Crippen MR) is 120 cm³/mol. The maximum atomic E-state index is 12.3. The summed E-state index contributed by atoms with van der Waals surface area (Å²) in [5.74, 6) is 0.684.